The van der Waals surface area contributed by atoms with Gasteiger partial charge in [0.15, 0.2) is 5.65 Å². The Morgan fingerprint density at radius 3 is 2.72 bits per heavy atom. The van der Waals surface area contributed by atoms with Crippen molar-refractivity contribution in [2.45, 2.75) is 25.3 Å². The second kappa shape index (κ2) is 6.72. The molecule has 0 spiro atoms. The molecule has 2 aromatic heterocycles. The Balaban J connectivity index is 1.87. The van der Waals surface area contributed by atoms with Gasteiger partial charge in [0.05, 0.1) is 6.54 Å². The van der Waals surface area contributed by atoms with Gasteiger partial charge in [-0.15, -0.1) is 0 Å². The fourth-order valence-corrected chi connectivity index (χ4v) is 3.48. The molecule has 4 rings (SSSR count). The lowest BCUT2D eigenvalue weighted by atomic mass is 9.91. The zero-order valence-electron chi connectivity index (χ0n) is 13.8. The van der Waals surface area contributed by atoms with Crippen LogP contribution in [0.1, 0.15) is 29.9 Å². The monoisotopic (exact) mass is 338 g/mol. The van der Waals surface area contributed by atoms with Crippen molar-refractivity contribution >= 4 is 11.2 Å². The van der Waals surface area contributed by atoms with E-state index in [1.165, 1.54) is 6.07 Å². The van der Waals surface area contributed by atoms with E-state index >= 15 is 0 Å². The van der Waals surface area contributed by atoms with Gasteiger partial charge in [-0.3, -0.25) is 14.3 Å². The van der Waals surface area contributed by atoms with E-state index < -0.39 is 0 Å². The van der Waals surface area contributed by atoms with Crippen LogP contribution in [0.15, 0.2) is 47.5 Å². The number of piperidine rings is 1. The number of hydrogen-bond donors (Lipinski definition) is 1. The molecule has 3 aromatic rings. The van der Waals surface area contributed by atoms with Gasteiger partial charge in [0, 0.05) is 23.5 Å². The molecule has 6 heteroatoms. The second-order valence-corrected chi connectivity index (χ2v) is 6.37. The summed E-state index contributed by atoms with van der Waals surface area (Å²) in [5.74, 6) is -0.120. The van der Waals surface area contributed by atoms with Crippen molar-refractivity contribution in [3.05, 3.63) is 70.0 Å². The van der Waals surface area contributed by atoms with Gasteiger partial charge in [-0.05, 0) is 44.0 Å². The topological polar surface area (TPSA) is 59.8 Å². The van der Waals surface area contributed by atoms with Gasteiger partial charge in [-0.25, -0.2) is 9.37 Å². The number of halogens is 1. The number of hydrogen-bond acceptors (Lipinski definition) is 4. The van der Waals surface area contributed by atoms with E-state index in [-0.39, 0.29) is 23.8 Å². The average molecular weight is 338 g/mol. The summed E-state index contributed by atoms with van der Waals surface area (Å²) in [5.41, 5.74) is 2.30. The summed E-state index contributed by atoms with van der Waals surface area (Å²) in [6, 6.07) is 8.38. The molecule has 128 valence electrons. The van der Waals surface area contributed by atoms with E-state index in [1.807, 2.05) is 6.07 Å². The maximum Gasteiger partial charge on any atom is 0.256 e. The van der Waals surface area contributed by atoms with Crippen LogP contribution in [0.5, 0.6) is 0 Å². The predicted molar refractivity (Wildman–Crippen MR) is 94.1 cm³/mol. The molecule has 0 unspecified atom stereocenters. The van der Waals surface area contributed by atoms with Crippen LogP contribution < -0.4 is 10.9 Å². The maximum atomic E-state index is 14.1. The largest absolute Gasteiger partial charge is 0.317 e. The summed E-state index contributed by atoms with van der Waals surface area (Å²) in [4.78, 5) is 21.8. The second-order valence-electron chi connectivity index (χ2n) is 6.37. The minimum absolute atomic E-state index is 0.0943. The first-order valence-corrected chi connectivity index (χ1v) is 8.52. The predicted octanol–water partition coefficient (Wildman–Crippen LogP) is 2.45. The van der Waals surface area contributed by atoms with Gasteiger partial charge in [0.25, 0.3) is 5.56 Å². The van der Waals surface area contributed by atoms with Gasteiger partial charge < -0.3 is 5.32 Å². The third-order valence-corrected chi connectivity index (χ3v) is 4.81. The fraction of sp³-hybridized carbons (Fsp3) is 0.316. The molecule has 0 atom stereocenters. The molecule has 1 aliphatic rings. The first kappa shape index (κ1) is 15.9. The van der Waals surface area contributed by atoms with Gasteiger partial charge in [0.1, 0.15) is 11.3 Å². The average Bonchev–Trinajstić information content (AvgIpc) is 2.66. The Kier molecular flexibility index (Phi) is 4.28. The van der Waals surface area contributed by atoms with Crippen LogP contribution in [0.4, 0.5) is 4.39 Å². The van der Waals surface area contributed by atoms with E-state index in [9.17, 15) is 9.18 Å². The Bertz CT molecular complexity index is 963. The van der Waals surface area contributed by atoms with Crippen LogP contribution >= 0.6 is 0 Å². The van der Waals surface area contributed by atoms with E-state index in [2.05, 4.69) is 15.3 Å². The molecular formula is C19H19FN4O. The summed E-state index contributed by atoms with van der Waals surface area (Å²) >= 11 is 0. The standard InChI is InChI=1S/C19H19FN4O/c20-16-4-2-1-3-14(16)12-24-18-17(22-9-10-23-18)11-15(19(24)25)13-5-7-21-8-6-13/h1-4,9-11,13,21H,5-8,12H2. The van der Waals surface area contributed by atoms with Crippen LogP contribution in [-0.4, -0.2) is 27.6 Å². The van der Waals surface area contributed by atoms with Crippen LogP contribution in [0.25, 0.3) is 11.2 Å². The van der Waals surface area contributed by atoms with E-state index in [0.29, 0.717) is 16.7 Å². The van der Waals surface area contributed by atoms with Crippen LogP contribution in [0.2, 0.25) is 0 Å². The third-order valence-electron chi connectivity index (χ3n) is 4.81. The minimum atomic E-state index is -0.321. The molecule has 0 radical (unpaired) electrons. The highest BCUT2D eigenvalue weighted by Crippen LogP contribution is 2.24. The molecule has 5 nitrogen and oxygen atoms in total. The number of nitrogens with one attached hydrogen (secondary N) is 1. The van der Waals surface area contributed by atoms with Gasteiger partial charge in [-0.1, -0.05) is 18.2 Å². The van der Waals surface area contributed by atoms with Crippen LogP contribution in [0, 0.1) is 5.82 Å². The minimum Gasteiger partial charge on any atom is -0.317 e. The van der Waals surface area contributed by atoms with Gasteiger partial charge in [-0.2, -0.15) is 0 Å². The third kappa shape index (κ3) is 3.05. The molecule has 1 fully saturated rings. The van der Waals surface area contributed by atoms with Crippen molar-refractivity contribution in [1.82, 2.24) is 19.9 Å². The Morgan fingerprint density at radius 1 is 1.16 bits per heavy atom. The normalized spacial score (nSPS) is 15.6. The van der Waals surface area contributed by atoms with Crippen molar-refractivity contribution in [2.24, 2.45) is 0 Å². The lowest BCUT2D eigenvalue weighted by Gasteiger charge is -2.23. The number of rotatable bonds is 3. The van der Waals surface area contributed by atoms with E-state index in [4.69, 9.17) is 0 Å². The molecule has 25 heavy (non-hydrogen) atoms. The smallest absolute Gasteiger partial charge is 0.256 e. The SMILES string of the molecule is O=c1c(C2CCNCC2)cc2nccnc2n1Cc1ccccc1F. The number of nitrogens with zero attached hydrogens (tertiary/aromatic N) is 3. The number of pyridine rings is 1. The van der Waals surface area contributed by atoms with Crippen molar-refractivity contribution in [2.75, 3.05) is 13.1 Å². The molecule has 0 bridgehead atoms. The maximum absolute atomic E-state index is 14.1. The molecular weight excluding hydrogens is 319 g/mol. The Labute approximate surface area is 144 Å². The van der Waals surface area contributed by atoms with Crippen LogP contribution in [-0.2, 0) is 6.54 Å². The summed E-state index contributed by atoms with van der Waals surface area (Å²) in [6.45, 7) is 1.95. The first-order valence-electron chi connectivity index (χ1n) is 8.52. The van der Waals surface area contributed by atoms with Gasteiger partial charge >= 0.3 is 0 Å². The summed E-state index contributed by atoms with van der Waals surface area (Å²) in [6.07, 6.45) is 5.01. The summed E-state index contributed by atoms with van der Waals surface area (Å²) < 4.78 is 15.7. The van der Waals surface area contributed by atoms with Crippen molar-refractivity contribution in [3.8, 4) is 0 Å². The highest BCUT2D eigenvalue weighted by Gasteiger charge is 2.21. The van der Waals surface area contributed by atoms with Crippen molar-refractivity contribution in [1.29, 1.82) is 0 Å². The molecule has 1 aromatic carbocycles. The number of fused-ring (bicyclic) bond motifs is 1. The molecule has 3 heterocycles. The van der Waals surface area contributed by atoms with E-state index in [1.54, 1.807) is 35.2 Å². The number of benzene rings is 1. The zero-order chi connectivity index (χ0) is 17.2. The molecule has 0 aliphatic carbocycles. The molecule has 0 saturated carbocycles. The van der Waals surface area contributed by atoms with Crippen molar-refractivity contribution in [3.63, 3.8) is 0 Å². The van der Waals surface area contributed by atoms with Crippen LogP contribution in [0.3, 0.4) is 0 Å². The lowest BCUT2D eigenvalue weighted by molar-refractivity contribution is 0.456. The molecule has 1 saturated heterocycles. The van der Waals surface area contributed by atoms with Gasteiger partial charge in [0.2, 0.25) is 0 Å². The van der Waals surface area contributed by atoms with E-state index in [0.717, 1.165) is 31.5 Å². The quantitative estimate of drug-likeness (QED) is 0.797. The Morgan fingerprint density at radius 2 is 1.92 bits per heavy atom. The highest BCUT2D eigenvalue weighted by atomic mass is 19.1. The summed E-state index contributed by atoms with van der Waals surface area (Å²) in [7, 11) is 0. The zero-order valence-corrected chi connectivity index (χ0v) is 13.8. The van der Waals surface area contributed by atoms with Crippen molar-refractivity contribution < 1.29 is 4.39 Å². The lowest BCUT2D eigenvalue weighted by Crippen LogP contribution is -2.32. The summed E-state index contributed by atoms with van der Waals surface area (Å²) in [5, 5.41) is 3.32. The number of aromatic nitrogens is 3. The highest BCUT2D eigenvalue weighted by molar-refractivity contribution is 5.70. The Hall–Kier alpha value is -2.60. The molecule has 0 amide bonds. The fourth-order valence-electron chi connectivity index (χ4n) is 3.48. The first-order chi connectivity index (χ1) is 12.2. The molecule has 1 N–H and O–H groups in total. The molecule has 1 aliphatic heterocycles.